The fourth-order valence-corrected chi connectivity index (χ4v) is 2.85. The molecule has 3 rings (SSSR count). The lowest BCUT2D eigenvalue weighted by molar-refractivity contribution is 0.0699. The van der Waals surface area contributed by atoms with E-state index in [1.807, 2.05) is 24.3 Å². The maximum atomic E-state index is 11.1. The van der Waals surface area contributed by atoms with E-state index in [2.05, 4.69) is 5.10 Å². The van der Waals surface area contributed by atoms with Crippen molar-refractivity contribution in [2.75, 3.05) is 7.11 Å². The molecule has 0 spiro atoms. The minimum absolute atomic E-state index is 0.178. The minimum Gasteiger partial charge on any atom is -0.495 e. The van der Waals surface area contributed by atoms with Crippen LogP contribution >= 0.6 is 11.3 Å². The van der Waals surface area contributed by atoms with Crippen LogP contribution in [0.5, 0.6) is 5.75 Å². The Bertz CT molecular complexity index is 760. The van der Waals surface area contributed by atoms with Crippen LogP contribution in [-0.4, -0.2) is 28.0 Å². The highest BCUT2D eigenvalue weighted by atomic mass is 32.1. The van der Waals surface area contributed by atoms with Crippen LogP contribution < -0.4 is 4.74 Å². The summed E-state index contributed by atoms with van der Waals surface area (Å²) in [6, 6.07) is 9.44. The highest BCUT2D eigenvalue weighted by Gasteiger charge is 2.18. The molecule has 0 atom stereocenters. The number of nitrogens with zero attached hydrogens (tertiary/aromatic N) is 2. The van der Waals surface area contributed by atoms with Crippen molar-refractivity contribution < 1.29 is 14.6 Å². The van der Waals surface area contributed by atoms with Gasteiger partial charge in [0.05, 0.1) is 18.8 Å². The Kier molecular flexibility index (Phi) is 2.72. The summed E-state index contributed by atoms with van der Waals surface area (Å²) in [6.45, 7) is 0. The van der Waals surface area contributed by atoms with Crippen LogP contribution in [0.25, 0.3) is 15.9 Å². The number of carboxylic acid groups (broad SMARTS) is 1. The van der Waals surface area contributed by atoms with Crippen molar-refractivity contribution in [1.82, 2.24) is 9.78 Å². The molecule has 96 valence electrons. The van der Waals surface area contributed by atoms with Crippen LogP contribution in [0.4, 0.5) is 0 Å². The number of para-hydroxylation sites is 1. The molecule has 0 aliphatic rings. The molecule has 0 radical (unpaired) electrons. The first-order chi connectivity index (χ1) is 9.20. The molecule has 2 aromatic heterocycles. The lowest BCUT2D eigenvalue weighted by atomic mass is 10.3. The van der Waals surface area contributed by atoms with Gasteiger partial charge in [0.1, 0.15) is 10.8 Å². The van der Waals surface area contributed by atoms with E-state index in [0.29, 0.717) is 5.75 Å². The highest BCUT2D eigenvalue weighted by molar-refractivity contribution is 7.16. The first-order valence-corrected chi connectivity index (χ1v) is 6.36. The van der Waals surface area contributed by atoms with Gasteiger partial charge in [-0.05, 0) is 6.07 Å². The molecular weight excluding hydrogens is 264 g/mol. The Morgan fingerprint density at radius 3 is 2.89 bits per heavy atom. The van der Waals surface area contributed by atoms with Gasteiger partial charge in [-0.1, -0.05) is 18.2 Å². The van der Waals surface area contributed by atoms with E-state index in [4.69, 9.17) is 9.84 Å². The summed E-state index contributed by atoms with van der Waals surface area (Å²) in [5.74, 6) is -0.642. The summed E-state index contributed by atoms with van der Waals surface area (Å²) in [5, 5.41) is 15.1. The predicted octanol–water partition coefficient (Wildman–Crippen LogP) is 2.79. The van der Waals surface area contributed by atoms with E-state index >= 15 is 0 Å². The Morgan fingerprint density at radius 2 is 2.21 bits per heavy atom. The zero-order valence-electron chi connectivity index (χ0n) is 10.0. The number of thiophene rings is 1. The van der Waals surface area contributed by atoms with Gasteiger partial charge in [0.2, 0.25) is 0 Å². The molecule has 19 heavy (non-hydrogen) atoms. The van der Waals surface area contributed by atoms with Crippen molar-refractivity contribution in [3.05, 3.63) is 41.4 Å². The summed E-state index contributed by atoms with van der Waals surface area (Å²) >= 11 is 1.14. The fourth-order valence-electron chi connectivity index (χ4n) is 1.91. The maximum Gasteiger partial charge on any atom is 0.349 e. The zero-order valence-corrected chi connectivity index (χ0v) is 10.8. The Balaban J connectivity index is 2.19. The van der Waals surface area contributed by atoms with Crippen LogP contribution in [0.2, 0.25) is 0 Å². The molecule has 6 heteroatoms. The minimum atomic E-state index is -0.996. The predicted molar refractivity (Wildman–Crippen MR) is 72.5 cm³/mol. The topological polar surface area (TPSA) is 64.4 Å². The number of ether oxygens (including phenoxy) is 1. The lowest BCUT2D eigenvalue weighted by Gasteiger charge is -1.98. The molecule has 0 aliphatic carbocycles. The van der Waals surface area contributed by atoms with Gasteiger partial charge >= 0.3 is 5.97 Å². The van der Waals surface area contributed by atoms with Gasteiger partial charge in [-0.15, -0.1) is 11.3 Å². The Morgan fingerprint density at radius 1 is 1.42 bits per heavy atom. The molecule has 5 nitrogen and oxygen atoms in total. The fraction of sp³-hybridized carbons (Fsp3) is 0.0769. The smallest absolute Gasteiger partial charge is 0.349 e. The monoisotopic (exact) mass is 274 g/mol. The van der Waals surface area contributed by atoms with E-state index in [1.165, 1.54) is 7.11 Å². The molecule has 3 aromatic rings. The maximum absolute atomic E-state index is 11.1. The second kappa shape index (κ2) is 4.40. The number of hydrogen-bond acceptors (Lipinski definition) is 4. The van der Waals surface area contributed by atoms with Crippen LogP contribution in [0, 0.1) is 0 Å². The summed E-state index contributed by atoms with van der Waals surface area (Å²) in [4.78, 5) is 11.3. The van der Waals surface area contributed by atoms with Gasteiger partial charge in [0.15, 0.2) is 4.88 Å². The van der Waals surface area contributed by atoms with Crippen LogP contribution in [0.15, 0.2) is 36.5 Å². The van der Waals surface area contributed by atoms with E-state index in [-0.39, 0.29) is 4.88 Å². The number of carboxylic acids is 1. The van der Waals surface area contributed by atoms with Gasteiger partial charge in [-0.3, -0.25) is 0 Å². The van der Waals surface area contributed by atoms with Crippen molar-refractivity contribution in [3.63, 3.8) is 0 Å². The molecule has 0 amide bonds. The first kappa shape index (κ1) is 11.7. The summed E-state index contributed by atoms with van der Waals surface area (Å²) in [5.41, 5.74) is 0.934. The molecule has 0 saturated carbocycles. The van der Waals surface area contributed by atoms with Gasteiger partial charge in [-0.2, -0.15) is 5.10 Å². The van der Waals surface area contributed by atoms with E-state index in [1.54, 1.807) is 16.9 Å². The number of aromatic carboxylic acids is 1. The molecular formula is C13H10N2O3S. The summed E-state index contributed by atoms with van der Waals surface area (Å²) in [7, 11) is 1.46. The molecule has 2 heterocycles. The number of rotatable bonds is 3. The molecule has 0 bridgehead atoms. The van der Waals surface area contributed by atoms with E-state index in [0.717, 1.165) is 27.2 Å². The zero-order chi connectivity index (χ0) is 13.4. The van der Waals surface area contributed by atoms with Crippen LogP contribution in [0.1, 0.15) is 9.67 Å². The van der Waals surface area contributed by atoms with Crippen LogP contribution in [0.3, 0.4) is 0 Å². The Hall–Kier alpha value is -2.34. The quantitative estimate of drug-likeness (QED) is 0.797. The SMILES string of the molecule is COc1cc(-n2ncc3ccccc32)sc1C(=O)O. The highest BCUT2D eigenvalue weighted by Crippen LogP contribution is 2.33. The standard InChI is InChI=1S/C13H10N2O3S/c1-18-10-6-11(19-12(10)13(16)17)15-9-5-3-2-4-8(9)7-14-15/h2-7H,1H3,(H,16,17). The number of hydrogen-bond donors (Lipinski definition) is 1. The van der Waals surface area contributed by atoms with Gasteiger partial charge in [0, 0.05) is 11.5 Å². The third kappa shape index (κ3) is 1.86. The number of aromatic nitrogens is 2. The number of benzene rings is 1. The number of fused-ring (bicyclic) bond motifs is 1. The second-order valence-corrected chi connectivity index (χ2v) is 4.93. The van der Waals surface area contributed by atoms with Gasteiger partial charge < -0.3 is 9.84 Å². The first-order valence-electron chi connectivity index (χ1n) is 5.55. The normalized spacial score (nSPS) is 10.8. The van der Waals surface area contributed by atoms with Crippen LogP contribution in [-0.2, 0) is 0 Å². The molecule has 1 aromatic carbocycles. The summed E-state index contributed by atoms with van der Waals surface area (Å²) < 4.78 is 6.80. The molecule has 1 N–H and O–H groups in total. The van der Waals surface area contributed by atoms with Gasteiger partial charge in [-0.25, -0.2) is 9.48 Å². The molecule has 0 unspecified atom stereocenters. The van der Waals surface area contributed by atoms with Crippen molar-refractivity contribution in [2.45, 2.75) is 0 Å². The second-order valence-electron chi connectivity index (χ2n) is 3.90. The molecule has 0 saturated heterocycles. The third-order valence-electron chi connectivity index (χ3n) is 2.79. The van der Waals surface area contributed by atoms with Gasteiger partial charge in [0.25, 0.3) is 0 Å². The average Bonchev–Trinajstić information content (AvgIpc) is 3.01. The molecule has 0 fully saturated rings. The van der Waals surface area contributed by atoms with Crippen molar-refractivity contribution >= 4 is 28.2 Å². The van der Waals surface area contributed by atoms with E-state index in [9.17, 15) is 4.79 Å². The van der Waals surface area contributed by atoms with Crippen molar-refractivity contribution in [2.24, 2.45) is 0 Å². The van der Waals surface area contributed by atoms with Crippen molar-refractivity contribution in [1.29, 1.82) is 0 Å². The van der Waals surface area contributed by atoms with E-state index < -0.39 is 5.97 Å². The Labute approximate surface area is 112 Å². The van der Waals surface area contributed by atoms with Crippen molar-refractivity contribution in [3.8, 4) is 10.8 Å². The average molecular weight is 274 g/mol. The lowest BCUT2D eigenvalue weighted by Crippen LogP contribution is -1.94. The number of methoxy groups -OCH3 is 1. The largest absolute Gasteiger partial charge is 0.495 e. The third-order valence-corrected chi connectivity index (χ3v) is 3.86. The number of carbonyl (C=O) groups is 1. The summed E-state index contributed by atoms with van der Waals surface area (Å²) in [6.07, 6.45) is 1.75. The molecule has 0 aliphatic heterocycles.